The number of carbonyl (C=O) groups excluding carboxylic acids is 1. The van der Waals surface area contributed by atoms with E-state index in [4.69, 9.17) is 0 Å². The topological polar surface area (TPSA) is 17.1 Å². The molecule has 1 aliphatic carbocycles. The van der Waals surface area contributed by atoms with Crippen LogP contribution in [0.1, 0.15) is 60.8 Å². The first-order valence-electron chi connectivity index (χ1n) is 8.14. The Balaban J connectivity index is 2.96. The molecule has 0 bridgehead atoms. The van der Waals surface area contributed by atoms with Gasteiger partial charge in [-0.05, 0) is 75.2 Å². The van der Waals surface area contributed by atoms with Crippen molar-refractivity contribution >= 4 is 6.29 Å². The second-order valence-electron chi connectivity index (χ2n) is 7.04. The highest BCUT2D eigenvalue weighted by Crippen LogP contribution is 2.43. The molecule has 0 unspecified atom stereocenters. The summed E-state index contributed by atoms with van der Waals surface area (Å²) in [5.41, 5.74) is 6.93. The van der Waals surface area contributed by atoms with E-state index < -0.39 is 0 Å². The van der Waals surface area contributed by atoms with E-state index in [1.165, 1.54) is 41.6 Å². The van der Waals surface area contributed by atoms with Gasteiger partial charge < -0.3 is 0 Å². The van der Waals surface area contributed by atoms with Crippen molar-refractivity contribution in [3.05, 3.63) is 58.2 Å². The highest BCUT2D eigenvalue weighted by molar-refractivity contribution is 5.66. The van der Waals surface area contributed by atoms with E-state index in [1.807, 2.05) is 19.1 Å². The lowest BCUT2D eigenvalue weighted by molar-refractivity contribution is -0.104. The fourth-order valence-corrected chi connectivity index (χ4v) is 3.47. The minimum atomic E-state index is 0.280. The molecule has 1 nitrogen and oxygen atoms in total. The van der Waals surface area contributed by atoms with Crippen LogP contribution in [0, 0.1) is 5.41 Å². The van der Waals surface area contributed by atoms with Gasteiger partial charge in [0, 0.05) is 0 Å². The van der Waals surface area contributed by atoms with Crippen molar-refractivity contribution in [2.24, 2.45) is 5.41 Å². The fourth-order valence-electron chi connectivity index (χ4n) is 3.47. The van der Waals surface area contributed by atoms with E-state index in [9.17, 15) is 4.79 Å². The lowest BCUT2D eigenvalue weighted by Crippen LogP contribution is -2.21. The van der Waals surface area contributed by atoms with Crippen molar-refractivity contribution in [2.75, 3.05) is 0 Å². The number of aldehydes is 1. The SMILES string of the molecule is CC(=C/C=C\C(C)=CC=O)C=C(C)C1=C(C)CCCC1(C)C. The standard InChI is InChI=1S/C21H30O/c1-16(12-14-22)9-7-10-17(2)15-19(4)20-18(3)11-8-13-21(20,5)6/h7,9-10,12,14-15H,8,11,13H2,1-6H3/b9-7-,16-12?,17-10?,19-15?. The Hall–Kier alpha value is -1.63. The van der Waals surface area contributed by atoms with E-state index in [-0.39, 0.29) is 5.41 Å². The van der Waals surface area contributed by atoms with Crippen LogP contribution in [0.5, 0.6) is 0 Å². The predicted molar refractivity (Wildman–Crippen MR) is 96.8 cm³/mol. The molecular formula is C21H30O. The molecule has 120 valence electrons. The van der Waals surface area contributed by atoms with Crippen LogP contribution in [0.15, 0.2) is 58.2 Å². The van der Waals surface area contributed by atoms with Crippen LogP contribution in [0.3, 0.4) is 0 Å². The van der Waals surface area contributed by atoms with Gasteiger partial charge in [0.25, 0.3) is 0 Å². The Morgan fingerprint density at radius 3 is 2.36 bits per heavy atom. The average molecular weight is 298 g/mol. The van der Waals surface area contributed by atoms with Gasteiger partial charge in [0.05, 0.1) is 0 Å². The van der Waals surface area contributed by atoms with Crippen LogP contribution in [0.4, 0.5) is 0 Å². The minimum absolute atomic E-state index is 0.280. The minimum Gasteiger partial charge on any atom is -0.299 e. The maximum Gasteiger partial charge on any atom is 0.143 e. The number of rotatable bonds is 5. The number of hydrogen-bond donors (Lipinski definition) is 0. The van der Waals surface area contributed by atoms with Crippen LogP contribution < -0.4 is 0 Å². The lowest BCUT2D eigenvalue weighted by Gasteiger charge is -2.35. The van der Waals surface area contributed by atoms with Crippen LogP contribution in [0.2, 0.25) is 0 Å². The Kier molecular flexibility index (Phi) is 6.80. The van der Waals surface area contributed by atoms with Crippen molar-refractivity contribution in [3.63, 3.8) is 0 Å². The van der Waals surface area contributed by atoms with Crippen molar-refractivity contribution < 1.29 is 4.79 Å². The lowest BCUT2D eigenvalue weighted by atomic mass is 9.70. The summed E-state index contributed by atoms with van der Waals surface area (Å²) in [6.07, 6.45) is 14.5. The highest BCUT2D eigenvalue weighted by atomic mass is 16.1. The molecule has 1 aliphatic rings. The van der Waals surface area contributed by atoms with Gasteiger partial charge in [0.15, 0.2) is 0 Å². The van der Waals surface area contributed by atoms with Crippen molar-refractivity contribution in [2.45, 2.75) is 60.8 Å². The number of allylic oxidation sites excluding steroid dienone is 10. The highest BCUT2D eigenvalue weighted by Gasteiger charge is 2.28. The average Bonchev–Trinajstić information content (AvgIpc) is 2.37. The summed E-state index contributed by atoms with van der Waals surface area (Å²) in [5.74, 6) is 0. The van der Waals surface area contributed by atoms with E-state index in [2.05, 4.69) is 46.8 Å². The molecule has 1 rings (SSSR count). The number of carbonyl (C=O) groups is 1. The largest absolute Gasteiger partial charge is 0.299 e. The van der Waals surface area contributed by atoms with E-state index in [1.54, 1.807) is 6.08 Å². The van der Waals surface area contributed by atoms with Gasteiger partial charge in [-0.3, -0.25) is 4.79 Å². The summed E-state index contributed by atoms with van der Waals surface area (Å²) in [4.78, 5) is 10.4. The Morgan fingerprint density at radius 2 is 1.77 bits per heavy atom. The zero-order chi connectivity index (χ0) is 16.8. The van der Waals surface area contributed by atoms with Gasteiger partial charge in [-0.25, -0.2) is 0 Å². The summed E-state index contributed by atoms with van der Waals surface area (Å²) in [7, 11) is 0. The van der Waals surface area contributed by atoms with Gasteiger partial charge in [-0.2, -0.15) is 0 Å². The third-order valence-electron chi connectivity index (χ3n) is 4.34. The first-order valence-corrected chi connectivity index (χ1v) is 8.14. The van der Waals surface area contributed by atoms with Gasteiger partial charge in [0.1, 0.15) is 6.29 Å². The predicted octanol–water partition coefficient (Wildman–Crippen LogP) is 6.11. The fraction of sp³-hybridized carbons (Fsp3) is 0.476. The summed E-state index contributed by atoms with van der Waals surface area (Å²) >= 11 is 0. The molecule has 0 saturated carbocycles. The third-order valence-corrected chi connectivity index (χ3v) is 4.34. The zero-order valence-corrected chi connectivity index (χ0v) is 15.0. The molecule has 0 aromatic heterocycles. The molecule has 0 radical (unpaired) electrons. The molecule has 0 atom stereocenters. The molecule has 0 spiro atoms. The third kappa shape index (κ3) is 5.29. The smallest absolute Gasteiger partial charge is 0.143 e. The molecule has 0 fully saturated rings. The van der Waals surface area contributed by atoms with Crippen LogP contribution in [-0.4, -0.2) is 6.29 Å². The summed E-state index contributed by atoms with van der Waals surface area (Å²) in [6.45, 7) is 13.3. The first kappa shape index (κ1) is 18.4. The molecule has 0 aromatic carbocycles. The van der Waals surface area contributed by atoms with Gasteiger partial charge in [0.2, 0.25) is 0 Å². The second kappa shape index (κ2) is 8.12. The molecule has 0 amide bonds. The van der Waals surface area contributed by atoms with E-state index in [0.717, 1.165) is 11.9 Å². The molecule has 22 heavy (non-hydrogen) atoms. The van der Waals surface area contributed by atoms with Gasteiger partial charge in [-0.1, -0.05) is 49.3 Å². The number of hydrogen-bond acceptors (Lipinski definition) is 1. The second-order valence-corrected chi connectivity index (χ2v) is 7.04. The summed E-state index contributed by atoms with van der Waals surface area (Å²) in [5, 5.41) is 0. The van der Waals surface area contributed by atoms with E-state index in [0.29, 0.717) is 0 Å². The molecule has 0 aliphatic heterocycles. The molecule has 0 aromatic rings. The Bertz CT molecular complexity index is 563. The Morgan fingerprint density at radius 1 is 1.09 bits per heavy atom. The monoisotopic (exact) mass is 298 g/mol. The quantitative estimate of drug-likeness (QED) is 0.340. The Labute approximate surface area is 136 Å². The maximum atomic E-state index is 10.4. The van der Waals surface area contributed by atoms with Gasteiger partial charge in [-0.15, -0.1) is 0 Å². The van der Waals surface area contributed by atoms with Crippen LogP contribution in [-0.2, 0) is 4.79 Å². The molecule has 1 heteroatoms. The first-order chi connectivity index (χ1) is 10.3. The molecule has 0 N–H and O–H groups in total. The normalized spacial score (nSPS) is 20.7. The van der Waals surface area contributed by atoms with Crippen molar-refractivity contribution in [3.8, 4) is 0 Å². The zero-order valence-electron chi connectivity index (χ0n) is 15.0. The molecule has 0 saturated heterocycles. The maximum absolute atomic E-state index is 10.4. The summed E-state index contributed by atoms with van der Waals surface area (Å²) < 4.78 is 0. The molecule has 0 heterocycles. The van der Waals surface area contributed by atoms with Crippen LogP contribution in [0.25, 0.3) is 0 Å². The van der Waals surface area contributed by atoms with Crippen molar-refractivity contribution in [1.29, 1.82) is 0 Å². The van der Waals surface area contributed by atoms with E-state index >= 15 is 0 Å². The summed E-state index contributed by atoms with van der Waals surface area (Å²) in [6, 6.07) is 0. The van der Waals surface area contributed by atoms with Crippen LogP contribution >= 0.6 is 0 Å². The van der Waals surface area contributed by atoms with Crippen molar-refractivity contribution in [1.82, 2.24) is 0 Å². The molecular weight excluding hydrogens is 268 g/mol. The van der Waals surface area contributed by atoms with Gasteiger partial charge >= 0.3 is 0 Å².